The van der Waals surface area contributed by atoms with Crippen molar-refractivity contribution in [1.29, 1.82) is 0 Å². The first kappa shape index (κ1) is 15.3. The summed E-state index contributed by atoms with van der Waals surface area (Å²) in [4.78, 5) is 17.6. The van der Waals surface area contributed by atoms with Gasteiger partial charge in [-0.1, -0.05) is 0 Å². The molecular formula is C15H19N3O2S. The van der Waals surface area contributed by atoms with Crippen LogP contribution in [0.25, 0.3) is 0 Å². The third-order valence-electron chi connectivity index (χ3n) is 3.00. The summed E-state index contributed by atoms with van der Waals surface area (Å²) in [6, 6.07) is 7.73. The molecule has 6 heteroatoms. The molecular weight excluding hydrogens is 286 g/mol. The Morgan fingerprint density at radius 3 is 2.67 bits per heavy atom. The monoisotopic (exact) mass is 305 g/mol. The van der Waals surface area contributed by atoms with Gasteiger partial charge in [-0.3, -0.25) is 9.69 Å². The number of benzene rings is 1. The fraction of sp³-hybridized carbons (Fsp3) is 0.333. The molecule has 0 saturated carbocycles. The summed E-state index contributed by atoms with van der Waals surface area (Å²) in [6.45, 7) is 4.49. The van der Waals surface area contributed by atoms with Crippen LogP contribution in [-0.2, 0) is 11.4 Å². The molecule has 21 heavy (non-hydrogen) atoms. The van der Waals surface area contributed by atoms with Gasteiger partial charge >= 0.3 is 0 Å². The summed E-state index contributed by atoms with van der Waals surface area (Å²) in [5.41, 5.74) is 1.87. The lowest BCUT2D eigenvalue weighted by atomic mass is 10.3. The van der Waals surface area contributed by atoms with E-state index >= 15 is 0 Å². The second-order valence-corrected chi connectivity index (χ2v) is 5.28. The molecule has 1 amide bonds. The van der Waals surface area contributed by atoms with Crippen molar-refractivity contribution in [1.82, 2.24) is 4.98 Å². The zero-order valence-corrected chi connectivity index (χ0v) is 13.2. The molecule has 0 spiro atoms. The highest BCUT2D eigenvalue weighted by Crippen LogP contribution is 2.22. The molecule has 0 aliphatic carbocycles. The number of hydrogen-bond acceptors (Lipinski definition) is 5. The van der Waals surface area contributed by atoms with Crippen molar-refractivity contribution >= 4 is 28.1 Å². The van der Waals surface area contributed by atoms with Crippen LogP contribution in [0.4, 0.5) is 10.8 Å². The molecule has 0 aliphatic rings. The minimum atomic E-state index is 0.00183. The van der Waals surface area contributed by atoms with Gasteiger partial charge in [0.1, 0.15) is 12.4 Å². The smallest absolute Gasteiger partial charge is 0.225 e. The van der Waals surface area contributed by atoms with Crippen molar-refractivity contribution in [3.05, 3.63) is 35.3 Å². The number of nitrogens with one attached hydrogen (secondary N) is 1. The van der Waals surface area contributed by atoms with Crippen LogP contribution in [0.5, 0.6) is 5.75 Å². The molecule has 0 fully saturated rings. The number of nitrogens with zero attached hydrogens (tertiary/aromatic N) is 2. The lowest BCUT2D eigenvalue weighted by Crippen LogP contribution is -2.27. The predicted octanol–water partition coefficient (Wildman–Crippen LogP) is 3.14. The number of carbonyl (C=O) groups is 1. The van der Waals surface area contributed by atoms with Crippen LogP contribution in [0.15, 0.2) is 29.6 Å². The van der Waals surface area contributed by atoms with Gasteiger partial charge < -0.3 is 10.1 Å². The van der Waals surface area contributed by atoms with Gasteiger partial charge in [0, 0.05) is 31.6 Å². The highest BCUT2D eigenvalue weighted by atomic mass is 32.1. The van der Waals surface area contributed by atoms with Gasteiger partial charge in [-0.05, 0) is 31.2 Å². The molecule has 0 bridgehead atoms. The van der Waals surface area contributed by atoms with Gasteiger partial charge in [0.15, 0.2) is 5.13 Å². The zero-order chi connectivity index (χ0) is 15.2. The van der Waals surface area contributed by atoms with Crippen molar-refractivity contribution < 1.29 is 9.53 Å². The number of anilines is 2. The maximum absolute atomic E-state index is 11.5. The van der Waals surface area contributed by atoms with Crippen LogP contribution in [0.2, 0.25) is 0 Å². The van der Waals surface area contributed by atoms with Crippen molar-refractivity contribution in [2.24, 2.45) is 0 Å². The first-order chi connectivity index (χ1) is 10.1. The molecule has 0 unspecified atom stereocenters. The molecule has 1 aromatic heterocycles. The third-order valence-corrected chi connectivity index (χ3v) is 3.91. The molecule has 5 nitrogen and oxygen atoms in total. The van der Waals surface area contributed by atoms with Gasteiger partial charge in [-0.15, -0.1) is 11.3 Å². The van der Waals surface area contributed by atoms with Crippen LogP contribution in [-0.4, -0.2) is 24.5 Å². The Hall–Kier alpha value is -2.08. The van der Waals surface area contributed by atoms with E-state index in [1.54, 1.807) is 11.8 Å². The van der Waals surface area contributed by atoms with E-state index in [1.807, 2.05) is 43.6 Å². The van der Waals surface area contributed by atoms with Crippen LogP contribution < -0.4 is 15.0 Å². The Morgan fingerprint density at radius 2 is 2.10 bits per heavy atom. The van der Waals surface area contributed by atoms with Crippen molar-refractivity contribution in [2.75, 3.05) is 23.8 Å². The summed E-state index contributed by atoms with van der Waals surface area (Å²) in [6.07, 6.45) is 0. The first-order valence-corrected chi connectivity index (χ1v) is 7.65. The van der Waals surface area contributed by atoms with E-state index in [-0.39, 0.29) is 5.91 Å². The quantitative estimate of drug-likeness (QED) is 0.891. The zero-order valence-electron chi connectivity index (χ0n) is 12.4. The number of aromatic nitrogens is 1. The molecule has 1 aromatic carbocycles. The van der Waals surface area contributed by atoms with E-state index in [0.717, 1.165) is 17.1 Å². The van der Waals surface area contributed by atoms with E-state index in [9.17, 15) is 4.79 Å². The van der Waals surface area contributed by atoms with Crippen LogP contribution in [0.3, 0.4) is 0 Å². The van der Waals surface area contributed by atoms with Crippen molar-refractivity contribution in [3.8, 4) is 5.75 Å². The average molecular weight is 305 g/mol. The van der Waals surface area contributed by atoms with E-state index in [2.05, 4.69) is 10.3 Å². The lowest BCUT2D eigenvalue weighted by Gasteiger charge is -2.14. The maximum Gasteiger partial charge on any atom is 0.225 e. The minimum Gasteiger partial charge on any atom is -0.487 e. The lowest BCUT2D eigenvalue weighted by molar-refractivity contribution is -0.116. The SMILES string of the molecule is CCN(C(C)=O)c1nc(COc2ccc(NC)cc2)cs1. The molecule has 1 heterocycles. The topological polar surface area (TPSA) is 54.5 Å². The molecule has 0 aliphatic heterocycles. The van der Waals surface area contributed by atoms with Crippen LogP contribution in [0, 0.1) is 0 Å². The fourth-order valence-electron chi connectivity index (χ4n) is 1.85. The van der Waals surface area contributed by atoms with Crippen LogP contribution >= 0.6 is 11.3 Å². The summed E-state index contributed by atoms with van der Waals surface area (Å²) in [5.74, 6) is 0.796. The first-order valence-electron chi connectivity index (χ1n) is 6.77. The molecule has 0 radical (unpaired) electrons. The largest absolute Gasteiger partial charge is 0.487 e. The van der Waals surface area contributed by atoms with Gasteiger partial charge in [0.05, 0.1) is 5.69 Å². The Bertz CT molecular complexity index is 595. The summed E-state index contributed by atoms with van der Waals surface area (Å²) in [7, 11) is 1.88. The Kier molecular flexibility index (Phi) is 5.16. The van der Waals surface area contributed by atoms with Crippen LogP contribution in [0.1, 0.15) is 19.5 Å². The second-order valence-electron chi connectivity index (χ2n) is 4.45. The summed E-state index contributed by atoms with van der Waals surface area (Å²) >= 11 is 1.46. The number of rotatable bonds is 6. The van der Waals surface area contributed by atoms with Gasteiger partial charge in [-0.2, -0.15) is 0 Å². The van der Waals surface area contributed by atoms with Crippen molar-refractivity contribution in [2.45, 2.75) is 20.5 Å². The highest BCUT2D eigenvalue weighted by molar-refractivity contribution is 7.14. The molecule has 0 atom stereocenters. The molecule has 1 N–H and O–H groups in total. The van der Waals surface area contributed by atoms with E-state index in [4.69, 9.17) is 4.74 Å². The summed E-state index contributed by atoms with van der Waals surface area (Å²) < 4.78 is 5.69. The van der Waals surface area contributed by atoms with Gasteiger partial charge in [0.25, 0.3) is 0 Å². The number of hydrogen-bond donors (Lipinski definition) is 1. The standard InChI is InChI=1S/C15H19N3O2S/c1-4-18(11(2)19)15-17-13(10-21-15)9-20-14-7-5-12(16-3)6-8-14/h5-8,10,16H,4,9H2,1-3H3. The normalized spacial score (nSPS) is 10.2. The Balaban J connectivity index is 1.97. The minimum absolute atomic E-state index is 0.00183. The van der Waals surface area contributed by atoms with Crippen molar-refractivity contribution in [3.63, 3.8) is 0 Å². The number of amides is 1. The molecule has 0 saturated heterocycles. The maximum atomic E-state index is 11.5. The molecule has 2 aromatic rings. The van der Waals surface area contributed by atoms with Gasteiger partial charge in [0.2, 0.25) is 5.91 Å². The average Bonchev–Trinajstić information content (AvgIpc) is 2.94. The summed E-state index contributed by atoms with van der Waals surface area (Å²) in [5, 5.41) is 5.69. The highest BCUT2D eigenvalue weighted by Gasteiger charge is 2.13. The number of thiazole rings is 1. The fourth-order valence-corrected chi connectivity index (χ4v) is 2.77. The van der Waals surface area contributed by atoms with E-state index in [0.29, 0.717) is 18.3 Å². The molecule has 112 valence electrons. The second kappa shape index (κ2) is 7.08. The third kappa shape index (κ3) is 3.95. The Labute approximate surface area is 128 Å². The number of ether oxygens (including phenoxy) is 1. The Morgan fingerprint density at radius 1 is 1.38 bits per heavy atom. The van der Waals surface area contributed by atoms with Gasteiger partial charge in [-0.25, -0.2) is 4.98 Å². The number of carbonyl (C=O) groups excluding carboxylic acids is 1. The van der Waals surface area contributed by atoms with E-state index < -0.39 is 0 Å². The predicted molar refractivity (Wildman–Crippen MR) is 86.1 cm³/mol. The molecule has 2 rings (SSSR count). The van der Waals surface area contributed by atoms with E-state index in [1.165, 1.54) is 11.3 Å².